The molecular weight excluding hydrogens is 220 g/mol. The monoisotopic (exact) mass is 252 g/mol. The number of hydrogen-bond donors (Lipinski definition) is 0. The Morgan fingerprint density at radius 1 is 0.889 bits per heavy atom. The van der Waals surface area contributed by atoms with E-state index in [0.29, 0.717) is 0 Å². The summed E-state index contributed by atoms with van der Waals surface area (Å²) in [4.78, 5) is 2.60. The number of rotatable bonds is 11. The fourth-order valence-electron chi connectivity index (χ4n) is 2.06. The van der Waals surface area contributed by atoms with Crippen LogP contribution in [0.1, 0.15) is 72.6 Å². The Bertz CT molecular complexity index is 220. The zero-order valence-electron chi connectivity index (χ0n) is 13.0. The van der Waals surface area contributed by atoms with Gasteiger partial charge in [-0.1, -0.05) is 33.1 Å². The summed E-state index contributed by atoms with van der Waals surface area (Å²) in [6.45, 7) is 12.3. The van der Waals surface area contributed by atoms with E-state index in [2.05, 4.69) is 24.8 Å². The summed E-state index contributed by atoms with van der Waals surface area (Å²) < 4.78 is 0. The summed E-state index contributed by atoms with van der Waals surface area (Å²) in [6, 6.07) is 2.38. The van der Waals surface area contributed by atoms with E-state index in [0.717, 1.165) is 6.42 Å². The zero-order valence-corrected chi connectivity index (χ0v) is 13.0. The fraction of sp³-hybridized carbons (Fsp3) is 0.938. The summed E-state index contributed by atoms with van der Waals surface area (Å²) in [5.41, 5.74) is -0.141. The standard InChI is InChI=1S/C16H32N2/c1-5-7-12-18(13-8-6-2)14-10-9-11-16(3,4)15-17/h5-14H2,1-4H3. The maximum absolute atomic E-state index is 8.97. The molecule has 0 amide bonds. The van der Waals surface area contributed by atoms with Crippen molar-refractivity contribution in [3.8, 4) is 6.07 Å². The van der Waals surface area contributed by atoms with Crippen LogP contribution in [0.2, 0.25) is 0 Å². The van der Waals surface area contributed by atoms with Gasteiger partial charge in [-0.05, 0) is 59.2 Å². The van der Waals surface area contributed by atoms with E-state index in [4.69, 9.17) is 5.26 Å². The Balaban J connectivity index is 3.78. The Morgan fingerprint density at radius 2 is 1.39 bits per heavy atom. The van der Waals surface area contributed by atoms with Gasteiger partial charge in [-0.15, -0.1) is 0 Å². The topological polar surface area (TPSA) is 27.0 Å². The van der Waals surface area contributed by atoms with Crippen LogP contribution in [0.4, 0.5) is 0 Å². The van der Waals surface area contributed by atoms with Crippen molar-refractivity contribution in [2.24, 2.45) is 5.41 Å². The fourth-order valence-corrected chi connectivity index (χ4v) is 2.06. The molecule has 0 aliphatic heterocycles. The molecule has 0 radical (unpaired) electrons. The lowest BCUT2D eigenvalue weighted by atomic mass is 9.89. The SMILES string of the molecule is CCCCN(CCCC)CCCCC(C)(C)C#N. The lowest BCUT2D eigenvalue weighted by Gasteiger charge is -2.22. The van der Waals surface area contributed by atoms with E-state index in [1.54, 1.807) is 0 Å². The van der Waals surface area contributed by atoms with Gasteiger partial charge in [-0.3, -0.25) is 0 Å². The molecule has 2 nitrogen and oxygen atoms in total. The van der Waals surface area contributed by atoms with Gasteiger partial charge in [-0.25, -0.2) is 0 Å². The quantitative estimate of drug-likeness (QED) is 0.502. The number of unbranched alkanes of at least 4 members (excludes halogenated alkanes) is 3. The third kappa shape index (κ3) is 9.48. The lowest BCUT2D eigenvalue weighted by molar-refractivity contribution is 0.255. The van der Waals surface area contributed by atoms with Crippen molar-refractivity contribution < 1.29 is 0 Å². The molecule has 0 aliphatic carbocycles. The highest BCUT2D eigenvalue weighted by Crippen LogP contribution is 2.21. The van der Waals surface area contributed by atoms with Crippen LogP contribution >= 0.6 is 0 Å². The minimum absolute atomic E-state index is 0.141. The molecule has 0 saturated carbocycles. The van der Waals surface area contributed by atoms with Gasteiger partial charge in [0.15, 0.2) is 0 Å². The first-order valence-corrected chi connectivity index (χ1v) is 7.69. The van der Waals surface area contributed by atoms with Crippen LogP contribution < -0.4 is 0 Å². The first kappa shape index (κ1) is 17.4. The smallest absolute Gasteiger partial charge is 0.0683 e. The van der Waals surface area contributed by atoms with Gasteiger partial charge < -0.3 is 4.90 Å². The highest BCUT2D eigenvalue weighted by Gasteiger charge is 2.15. The lowest BCUT2D eigenvalue weighted by Crippen LogP contribution is -2.27. The van der Waals surface area contributed by atoms with Crippen LogP contribution in [0.25, 0.3) is 0 Å². The Labute approximate surface area is 114 Å². The van der Waals surface area contributed by atoms with Gasteiger partial charge in [0.1, 0.15) is 0 Å². The molecule has 106 valence electrons. The summed E-state index contributed by atoms with van der Waals surface area (Å²) in [6.07, 6.45) is 8.63. The zero-order chi connectivity index (χ0) is 13.9. The van der Waals surface area contributed by atoms with E-state index in [9.17, 15) is 0 Å². The molecule has 0 fully saturated rings. The summed E-state index contributed by atoms with van der Waals surface area (Å²) in [5.74, 6) is 0. The third-order valence-electron chi connectivity index (χ3n) is 3.48. The van der Waals surface area contributed by atoms with E-state index >= 15 is 0 Å². The Kier molecular flexibility index (Phi) is 10.1. The van der Waals surface area contributed by atoms with Crippen molar-refractivity contribution in [1.29, 1.82) is 5.26 Å². The Hall–Kier alpha value is -0.550. The molecule has 0 aliphatic rings. The second kappa shape index (κ2) is 10.4. The van der Waals surface area contributed by atoms with Gasteiger partial charge in [0.05, 0.1) is 11.5 Å². The van der Waals surface area contributed by atoms with Crippen molar-refractivity contribution >= 4 is 0 Å². The van der Waals surface area contributed by atoms with E-state index < -0.39 is 0 Å². The normalized spacial score (nSPS) is 11.8. The van der Waals surface area contributed by atoms with Crippen molar-refractivity contribution in [3.63, 3.8) is 0 Å². The number of nitrogens with zero attached hydrogens (tertiary/aromatic N) is 2. The van der Waals surface area contributed by atoms with Crippen molar-refractivity contribution in [2.45, 2.75) is 72.6 Å². The molecular formula is C16H32N2. The highest BCUT2D eigenvalue weighted by molar-refractivity contribution is 4.91. The summed E-state index contributed by atoms with van der Waals surface area (Å²) >= 11 is 0. The second-order valence-electron chi connectivity index (χ2n) is 6.00. The third-order valence-corrected chi connectivity index (χ3v) is 3.48. The van der Waals surface area contributed by atoms with Crippen LogP contribution in [-0.2, 0) is 0 Å². The van der Waals surface area contributed by atoms with E-state index in [1.165, 1.54) is 58.2 Å². The van der Waals surface area contributed by atoms with E-state index in [1.807, 2.05) is 13.8 Å². The van der Waals surface area contributed by atoms with Gasteiger partial charge >= 0.3 is 0 Å². The van der Waals surface area contributed by atoms with Crippen molar-refractivity contribution in [1.82, 2.24) is 4.90 Å². The predicted octanol–water partition coefficient (Wildman–Crippen LogP) is 4.61. The average molecular weight is 252 g/mol. The van der Waals surface area contributed by atoms with Gasteiger partial charge in [0, 0.05) is 0 Å². The Morgan fingerprint density at radius 3 is 1.83 bits per heavy atom. The van der Waals surface area contributed by atoms with Gasteiger partial charge in [-0.2, -0.15) is 5.26 Å². The molecule has 0 rings (SSSR count). The van der Waals surface area contributed by atoms with Gasteiger partial charge in [0.2, 0.25) is 0 Å². The van der Waals surface area contributed by atoms with Crippen LogP contribution in [0.15, 0.2) is 0 Å². The minimum Gasteiger partial charge on any atom is -0.303 e. The van der Waals surface area contributed by atoms with Gasteiger partial charge in [0.25, 0.3) is 0 Å². The van der Waals surface area contributed by atoms with Crippen molar-refractivity contribution in [2.75, 3.05) is 19.6 Å². The number of nitriles is 1. The molecule has 0 saturated heterocycles. The molecule has 0 bridgehead atoms. The second-order valence-corrected chi connectivity index (χ2v) is 6.00. The molecule has 0 aromatic carbocycles. The molecule has 0 spiro atoms. The predicted molar refractivity (Wildman–Crippen MR) is 79.5 cm³/mol. The van der Waals surface area contributed by atoms with Crippen LogP contribution in [0.3, 0.4) is 0 Å². The molecule has 0 aromatic rings. The largest absolute Gasteiger partial charge is 0.303 e. The van der Waals surface area contributed by atoms with Crippen LogP contribution in [0.5, 0.6) is 0 Å². The maximum atomic E-state index is 8.97. The molecule has 0 aromatic heterocycles. The molecule has 0 N–H and O–H groups in total. The first-order valence-electron chi connectivity index (χ1n) is 7.69. The van der Waals surface area contributed by atoms with Crippen LogP contribution in [0, 0.1) is 16.7 Å². The van der Waals surface area contributed by atoms with E-state index in [-0.39, 0.29) is 5.41 Å². The highest BCUT2D eigenvalue weighted by atomic mass is 15.1. The molecule has 0 heterocycles. The molecule has 0 atom stereocenters. The van der Waals surface area contributed by atoms with Crippen molar-refractivity contribution in [3.05, 3.63) is 0 Å². The van der Waals surface area contributed by atoms with Crippen LogP contribution in [-0.4, -0.2) is 24.5 Å². The summed E-state index contributed by atoms with van der Waals surface area (Å²) in [7, 11) is 0. The molecule has 18 heavy (non-hydrogen) atoms. The minimum atomic E-state index is -0.141. The maximum Gasteiger partial charge on any atom is 0.0683 e. The summed E-state index contributed by atoms with van der Waals surface area (Å²) in [5, 5.41) is 8.97. The number of hydrogen-bond acceptors (Lipinski definition) is 2. The molecule has 2 heteroatoms. The first-order chi connectivity index (χ1) is 8.55. The molecule has 0 unspecified atom stereocenters. The average Bonchev–Trinajstić information content (AvgIpc) is 2.36.